The summed E-state index contributed by atoms with van der Waals surface area (Å²) in [5.41, 5.74) is 3.93. The largest absolute Gasteiger partial charge is 0.434 e. The average Bonchev–Trinajstić information content (AvgIpc) is 2.89. The number of benzene rings is 1. The van der Waals surface area contributed by atoms with Crippen LogP contribution >= 0.6 is 0 Å². The highest BCUT2D eigenvalue weighted by atomic mass is 19.3. The zero-order chi connectivity index (χ0) is 14.5. The van der Waals surface area contributed by atoms with Gasteiger partial charge in [-0.2, -0.15) is 13.9 Å². The van der Waals surface area contributed by atoms with Gasteiger partial charge in [-0.25, -0.2) is 5.43 Å². The number of halogens is 2. The monoisotopic (exact) mass is 282 g/mol. The second kappa shape index (κ2) is 6.44. The number of rotatable bonds is 6. The van der Waals surface area contributed by atoms with Gasteiger partial charge in [0.25, 0.3) is 0 Å². The van der Waals surface area contributed by atoms with Crippen LogP contribution in [0.2, 0.25) is 0 Å². The molecule has 7 heteroatoms. The van der Waals surface area contributed by atoms with E-state index in [1.165, 1.54) is 6.07 Å². The van der Waals surface area contributed by atoms with Gasteiger partial charge in [-0.15, -0.1) is 0 Å². The van der Waals surface area contributed by atoms with Crippen molar-refractivity contribution in [3.05, 3.63) is 47.8 Å². The Hall–Kier alpha value is -1.99. The van der Waals surface area contributed by atoms with Crippen molar-refractivity contribution in [1.29, 1.82) is 0 Å². The lowest BCUT2D eigenvalue weighted by atomic mass is 10.0. The van der Waals surface area contributed by atoms with Crippen LogP contribution in [0.15, 0.2) is 36.5 Å². The molecule has 0 amide bonds. The molecule has 1 heterocycles. The number of hydrogen-bond donors (Lipinski definition) is 2. The Morgan fingerprint density at radius 3 is 2.75 bits per heavy atom. The average molecular weight is 282 g/mol. The van der Waals surface area contributed by atoms with Gasteiger partial charge in [0.2, 0.25) is 0 Å². The molecule has 0 aliphatic rings. The topological polar surface area (TPSA) is 65.1 Å². The first-order chi connectivity index (χ1) is 9.67. The van der Waals surface area contributed by atoms with Crippen LogP contribution in [-0.2, 0) is 6.54 Å². The molecule has 1 unspecified atom stereocenters. The molecule has 0 radical (unpaired) electrons. The molecule has 5 nitrogen and oxygen atoms in total. The van der Waals surface area contributed by atoms with E-state index in [2.05, 4.69) is 15.3 Å². The van der Waals surface area contributed by atoms with E-state index in [1.54, 1.807) is 35.1 Å². The van der Waals surface area contributed by atoms with E-state index >= 15 is 0 Å². The lowest BCUT2D eigenvalue weighted by molar-refractivity contribution is -0.0506. The van der Waals surface area contributed by atoms with E-state index in [4.69, 9.17) is 5.84 Å². The van der Waals surface area contributed by atoms with Gasteiger partial charge in [0, 0.05) is 18.3 Å². The fourth-order valence-electron chi connectivity index (χ4n) is 2.11. The number of hydrazine groups is 1. The van der Waals surface area contributed by atoms with E-state index < -0.39 is 12.7 Å². The Balaban J connectivity index is 2.42. The highest BCUT2D eigenvalue weighted by Crippen LogP contribution is 2.30. The Kier molecular flexibility index (Phi) is 4.65. The molecule has 108 valence electrons. The molecule has 0 aliphatic carbocycles. The van der Waals surface area contributed by atoms with Crippen molar-refractivity contribution in [2.75, 3.05) is 0 Å². The third kappa shape index (κ3) is 2.94. The molecule has 0 fully saturated rings. The van der Waals surface area contributed by atoms with Gasteiger partial charge in [-0.3, -0.25) is 10.5 Å². The fraction of sp³-hybridized carbons (Fsp3) is 0.308. The fourth-order valence-corrected chi connectivity index (χ4v) is 2.11. The molecule has 0 spiro atoms. The van der Waals surface area contributed by atoms with Crippen LogP contribution in [0.25, 0.3) is 0 Å². The number of alkyl halides is 2. The predicted octanol–water partition coefficient (Wildman–Crippen LogP) is 2.06. The predicted molar refractivity (Wildman–Crippen MR) is 70.1 cm³/mol. The Labute approximate surface area is 115 Å². The van der Waals surface area contributed by atoms with Crippen LogP contribution in [-0.4, -0.2) is 16.4 Å². The molecule has 2 aromatic rings. The standard InChI is InChI=1S/C13H16F2N4O/c1-2-19-10(7-8-17-19)12(18-16)9-5-3-4-6-11(9)20-13(14)15/h3-8,12-13,18H,2,16H2,1H3. The second-order valence-electron chi connectivity index (χ2n) is 4.09. The summed E-state index contributed by atoms with van der Waals surface area (Å²) in [6, 6.07) is 7.85. The van der Waals surface area contributed by atoms with Crippen molar-refractivity contribution in [3.63, 3.8) is 0 Å². The summed E-state index contributed by atoms with van der Waals surface area (Å²) >= 11 is 0. The van der Waals surface area contributed by atoms with E-state index in [-0.39, 0.29) is 5.75 Å². The van der Waals surface area contributed by atoms with Crippen molar-refractivity contribution in [1.82, 2.24) is 15.2 Å². The summed E-state index contributed by atoms with van der Waals surface area (Å²) in [4.78, 5) is 0. The summed E-state index contributed by atoms with van der Waals surface area (Å²) in [7, 11) is 0. The number of ether oxygens (including phenoxy) is 1. The molecule has 1 aromatic heterocycles. The Morgan fingerprint density at radius 2 is 2.10 bits per heavy atom. The first-order valence-corrected chi connectivity index (χ1v) is 6.19. The number of nitrogens with one attached hydrogen (secondary N) is 1. The van der Waals surface area contributed by atoms with Gasteiger partial charge in [0.05, 0.1) is 11.7 Å². The SMILES string of the molecule is CCn1nccc1C(NN)c1ccccc1OC(F)F. The number of para-hydroxylation sites is 1. The van der Waals surface area contributed by atoms with Crippen LogP contribution in [0.3, 0.4) is 0 Å². The Bertz CT molecular complexity index is 559. The third-order valence-electron chi connectivity index (χ3n) is 2.96. The minimum absolute atomic E-state index is 0.0919. The first-order valence-electron chi connectivity index (χ1n) is 6.19. The number of aryl methyl sites for hydroxylation is 1. The summed E-state index contributed by atoms with van der Waals surface area (Å²) in [5.74, 6) is 5.68. The lowest BCUT2D eigenvalue weighted by Crippen LogP contribution is -2.31. The molecule has 3 N–H and O–H groups in total. The molecule has 2 rings (SSSR count). The van der Waals surface area contributed by atoms with Crippen LogP contribution in [0.4, 0.5) is 8.78 Å². The second-order valence-corrected chi connectivity index (χ2v) is 4.09. The smallest absolute Gasteiger partial charge is 0.387 e. The van der Waals surface area contributed by atoms with Crippen LogP contribution in [0, 0.1) is 0 Å². The van der Waals surface area contributed by atoms with E-state index in [0.717, 1.165) is 5.69 Å². The zero-order valence-corrected chi connectivity index (χ0v) is 11.0. The van der Waals surface area contributed by atoms with Crippen molar-refractivity contribution in [2.45, 2.75) is 26.1 Å². The maximum atomic E-state index is 12.5. The highest BCUT2D eigenvalue weighted by Gasteiger charge is 2.21. The number of hydrogen-bond acceptors (Lipinski definition) is 4. The highest BCUT2D eigenvalue weighted by molar-refractivity contribution is 5.39. The number of nitrogens with zero attached hydrogens (tertiary/aromatic N) is 2. The lowest BCUT2D eigenvalue weighted by Gasteiger charge is -2.20. The van der Waals surface area contributed by atoms with Crippen LogP contribution in [0.5, 0.6) is 5.75 Å². The van der Waals surface area contributed by atoms with Gasteiger partial charge in [-0.1, -0.05) is 18.2 Å². The molecule has 0 saturated heterocycles. The summed E-state index contributed by atoms with van der Waals surface area (Å²) in [5, 5.41) is 4.15. The normalized spacial score (nSPS) is 12.7. The summed E-state index contributed by atoms with van der Waals surface area (Å²) in [6.45, 7) is -0.296. The Morgan fingerprint density at radius 1 is 1.35 bits per heavy atom. The molecule has 0 aliphatic heterocycles. The van der Waals surface area contributed by atoms with Gasteiger partial charge < -0.3 is 4.74 Å². The van der Waals surface area contributed by atoms with Gasteiger partial charge in [0.15, 0.2) is 0 Å². The van der Waals surface area contributed by atoms with Crippen molar-refractivity contribution >= 4 is 0 Å². The minimum Gasteiger partial charge on any atom is -0.434 e. The number of aromatic nitrogens is 2. The van der Waals surface area contributed by atoms with E-state index in [1.807, 2.05) is 6.92 Å². The molecular weight excluding hydrogens is 266 g/mol. The quantitative estimate of drug-likeness (QED) is 0.628. The van der Waals surface area contributed by atoms with Crippen LogP contribution < -0.4 is 16.0 Å². The van der Waals surface area contributed by atoms with Gasteiger partial charge in [0.1, 0.15) is 5.75 Å². The molecule has 1 atom stereocenters. The molecule has 0 saturated carbocycles. The molecular formula is C13H16F2N4O. The maximum absolute atomic E-state index is 12.5. The molecule has 0 bridgehead atoms. The maximum Gasteiger partial charge on any atom is 0.387 e. The van der Waals surface area contributed by atoms with Crippen molar-refractivity contribution in [2.24, 2.45) is 5.84 Å². The summed E-state index contributed by atoms with van der Waals surface area (Å²) in [6.07, 6.45) is 1.64. The van der Waals surface area contributed by atoms with Crippen LogP contribution in [0.1, 0.15) is 24.2 Å². The molecule has 20 heavy (non-hydrogen) atoms. The minimum atomic E-state index is -2.88. The van der Waals surface area contributed by atoms with E-state index in [0.29, 0.717) is 12.1 Å². The van der Waals surface area contributed by atoms with Crippen molar-refractivity contribution in [3.8, 4) is 5.75 Å². The van der Waals surface area contributed by atoms with Gasteiger partial charge >= 0.3 is 6.61 Å². The van der Waals surface area contributed by atoms with Gasteiger partial charge in [-0.05, 0) is 19.1 Å². The molecule has 1 aromatic carbocycles. The third-order valence-corrected chi connectivity index (χ3v) is 2.96. The number of nitrogens with two attached hydrogens (primary N) is 1. The zero-order valence-electron chi connectivity index (χ0n) is 11.0. The van der Waals surface area contributed by atoms with E-state index in [9.17, 15) is 8.78 Å². The summed E-state index contributed by atoms with van der Waals surface area (Å²) < 4.78 is 31.2. The first kappa shape index (κ1) is 14.4. The van der Waals surface area contributed by atoms with Crippen molar-refractivity contribution < 1.29 is 13.5 Å².